The second-order valence-electron chi connectivity index (χ2n) is 3.41. The molecule has 1 aromatic carbocycles. The number of nitrogens with one attached hydrogen (secondary N) is 1. The van der Waals surface area contributed by atoms with Gasteiger partial charge in [0, 0.05) is 19.3 Å². The monoisotopic (exact) mass is 204 g/mol. The van der Waals surface area contributed by atoms with Crippen molar-refractivity contribution in [2.24, 2.45) is 0 Å². The fourth-order valence-electron chi connectivity index (χ4n) is 1.78. The number of hydrogen-bond donors (Lipinski definition) is 1. The van der Waals surface area contributed by atoms with E-state index in [2.05, 4.69) is 5.32 Å². The smallest absolute Gasteiger partial charge is 0.316 e. The number of rotatable bonds is 0. The van der Waals surface area contributed by atoms with Crippen LogP contribution in [0.3, 0.4) is 0 Å². The number of para-hydroxylation sites is 1. The third-order valence-electron chi connectivity index (χ3n) is 2.55. The number of hydrogen-bond acceptors (Lipinski definition) is 2. The first-order valence-electron chi connectivity index (χ1n) is 4.85. The van der Waals surface area contributed by atoms with Gasteiger partial charge in [-0.05, 0) is 18.1 Å². The van der Waals surface area contributed by atoms with Gasteiger partial charge in [0.05, 0.1) is 0 Å². The van der Waals surface area contributed by atoms with Gasteiger partial charge in [0.1, 0.15) is 0 Å². The number of carbonyl (C=O) groups excluding carboxylic acids is 2. The summed E-state index contributed by atoms with van der Waals surface area (Å²) in [6.45, 7) is 0.589. The van der Waals surface area contributed by atoms with Gasteiger partial charge in [-0.25, -0.2) is 0 Å². The Balaban J connectivity index is 2.28. The highest BCUT2D eigenvalue weighted by Gasteiger charge is 2.27. The van der Waals surface area contributed by atoms with E-state index in [1.54, 1.807) is 0 Å². The topological polar surface area (TPSA) is 49.4 Å². The van der Waals surface area contributed by atoms with Crippen LogP contribution in [0.15, 0.2) is 24.3 Å². The molecule has 4 nitrogen and oxygen atoms in total. The quantitative estimate of drug-likeness (QED) is 0.619. The number of benzene rings is 1. The lowest BCUT2D eigenvalue weighted by Crippen LogP contribution is -2.40. The molecule has 0 saturated heterocycles. The van der Waals surface area contributed by atoms with Crippen LogP contribution < -0.4 is 10.2 Å². The largest absolute Gasteiger partial charge is 0.351 e. The Morgan fingerprint density at radius 2 is 2.07 bits per heavy atom. The van der Waals surface area contributed by atoms with Crippen molar-refractivity contribution in [2.75, 3.05) is 18.5 Å². The third kappa shape index (κ3) is 1.58. The van der Waals surface area contributed by atoms with Crippen LogP contribution in [0.2, 0.25) is 0 Å². The molecule has 0 aliphatic carbocycles. The summed E-state index contributed by atoms with van der Waals surface area (Å²) in [5.74, 6) is -1.05. The van der Waals surface area contributed by atoms with Gasteiger partial charge in [-0.2, -0.15) is 0 Å². The third-order valence-corrected chi connectivity index (χ3v) is 2.55. The van der Waals surface area contributed by atoms with E-state index in [1.165, 1.54) is 11.9 Å². The van der Waals surface area contributed by atoms with E-state index < -0.39 is 11.8 Å². The Kier molecular flexibility index (Phi) is 2.41. The lowest BCUT2D eigenvalue weighted by Gasteiger charge is -2.15. The first-order chi connectivity index (χ1) is 7.24. The minimum atomic E-state index is -0.563. The van der Waals surface area contributed by atoms with E-state index in [9.17, 15) is 9.59 Å². The van der Waals surface area contributed by atoms with Crippen LogP contribution >= 0.6 is 0 Å². The Morgan fingerprint density at radius 3 is 2.80 bits per heavy atom. The highest BCUT2D eigenvalue weighted by Crippen LogP contribution is 2.27. The molecule has 0 atom stereocenters. The predicted molar refractivity (Wildman–Crippen MR) is 56.6 cm³/mol. The van der Waals surface area contributed by atoms with Crippen molar-refractivity contribution in [1.82, 2.24) is 5.32 Å². The minimum Gasteiger partial charge on any atom is -0.351 e. The molecule has 78 valence electrons. The zero-order valence-electron chi connectivity index (χ0n) is 8.49. The van der Waals surface area contributed by atoms with Crippen molar-refractivity contribution in [2.45, 2.75) is 6.42 Å². The minimum absolute atomic E-state index is 0.484. The second-order valence-corrected chi connectivity index (χ2v) is 3.41. The molecule has 0 saturated carbocycles. The Morgan fingerprint density at radius 1 is 1.33 bits per heavy atom. The van der Waals surface area contributed by atoms with Crippen LogP contribution in [0.4, 0.5) is 5.69 Å². The standard InChI is InChI=1S/C11H12N2O2/c1-12-10(14)11(15)13-7-6-8-4-2-3-5-9(8)13/h2-5H,6-7H2,1H3,(H,12,14). The summed E-state index contributed by atoms with van der Waals surface area (Å²) >= 11 is 0. The lowest BCUT2D eigenvalue weighted by molar-refractivity contribution is -0.137. The molecule has 2 rings (SSSR count). The maximum Gasteiger partial charge on any atom is 0.316 e. The number of fused-ring (bicyclic) bond motifs is 1. The second kappa shape index (κ2) is 3.73. The molecule has 1 heterocycles. The van der Waals surface area contributed by atoms with Gasteiger partial charge in [0.15, 0.2) is 0 Å². The molecule has 0 aromatic heterocycles. The average Bonchev–Trinajstić information content (AvgIpc) is 2.70. The van der Waals surface area contributed by atoms with Gasteiger partial charge in [-0.1, -0.05) is 18.2 Å². The summed E-state index contributed by atoms with van der Waals surface area (Å²) < 4.78 is 0. The molecular formula is C11H12N2O2. The van der Waals surface area contributed by atoms with Gasteiger partial charge in [0.2, 0.25) is 0 Å². The van der Waals surface area contributed by atoms with Crippen LogP contribution in [-0.4, -0.2) is 25.4 Å². The summed E-state index contributed by atoms with van der Waals surface area (Å²) in [6, 6.07) is 7.65. The van der Waals surface area contributed by atoms with E-state index in [0.717, 1.165) is 17.7 Å². The number of carbonyl (C=O) groups is 2. The van der Waals surface area contributed by atoms with E-state index in [4.69, 9.17) is 0 Å². The van der Waals surface area contributed by atoms with Gasteiger partial charge >= 0.3 is 11.8 Å². The molecule has 0 unspecified atom stereocenters. The maximum absolute atomic E-state index is 11.7. The average molecular weight is 204 g/mol. The summed E-state index contributed by atoms with van der Waals surface area (Å²) in [7, 11) is 1.46. The summed E-state index contributed by atoms with van der Waals surface area (Å²) in [4.78, 5) is 24.4. The molecule has 0 radical (unpaired) electrons. The van der Waals surface area contributed by atoms with Crippen LogP contribution in [-0.2, 0) is 16.0 Å². The number of likely N-dealkylation sites (N-methyl/N-ethyl adjacent to an activating group) is 1. The molecule has 0 bridgehead atoms. The molecule has 1 aliphatic heterocycles. The number of nitrogens with zero attached hydrogens (tertiary/aromatic N) is 1. The molecule has 1 N–H and O–H groups in total. The van der Waals surface area contributed by atoms with Gasteiger partial charge < -0.3 is 10.2 Å². The first kappa shape index (κ1) is 9.71. The van der Waals surface area contributed by atoms with Crippen LogP contribution in [0.25, 0.3) is 0 Å². The summed E-state index contributed by atoms with van der Waals surface area (Å²) in [6.07, 6.45) is 0.818. The molecule has 15 heavy (non-hydrogen) atoms. The number of amides is 2. The normalized spacial score (nSPS) is 13.5. The molecule has 2 amide bonds. The van der Waals surface area contributed by atoms with Crippen molar-refractivity contribution in [3.05, 3.63) is 29.8 Å². The molecule has 0 fully saturated rings. The van der Waals surface area contributed by atoms with Gasteiger partial charge in [0.25, 0.3) is 0 Å². The summed E-state index contributed by atoms with van der Waals surface area (Å²) in [5, 5.41) is 2.34. The van der Waals surface area contributed by atoms with Crippen LogP contribution in [0, 0.1) is 0 Å². The molecule has 1 aromatic rings. The first-order valence-corrected chi connectivity index (χ1v) is 4.85. The van der Waals surface area contributed by atoms with Gasteiger partial charge in [-0.3, -0.25) is 9.59 Å². The van der Waals surface area contributed by atoms with Crippen molar-refractivity contribution < 1.29 is 9.59 Å². The van der Waals surface area contributed by atoms with Crippen molar-refractivity contribution >= 4 is 17.5 Å². The molecule has 4 heteroatoms. The molecule has 0 spiro atoms. The van der Waals surface area contributed by atoms with Crippen molar-refractivity contribution in [1.29, 1.82) is 0 Å². The van der Waals surface area contributed by atoms with E-state index in [1.807, 2.05) is 24.3 Å². The molecular weight excluding hydrogens is 192 g/mol. The van der Waals surface area contributed by atoms with Crippen LogP contribution in [0.5, 0.6) is 0 Å². The van der Waals surface area contributed by atoms with E-state index >= 15 is 0 Å². The Bertz CT molecular complexity index is 415. The zero-order valence-corrected chi connectivity index (χ0v) is 8.49. The number of anilines is 1. The molecule has 1 aliphatic rings. The van der Waals surface area contributed by atoms with E-state index in [0.29, 0.717) is 6.54 Å². The highest BCUT2D eigenvalue weighted by molar-refractivity contribution is 6.40. The predicted octanol–water partition coefficient (Wildman–Crippen LogP) is 0.322. The van der Waals surface area contributed by atoms with Crippen molar-refractivity contribution in [3.63, 3.8) is 0 Å². The van der Waals surface area contributed by atoms with Crippen molar-refractivity contribution in [3.8, 4) is 0 Å². The SMILES string of the molecule is CNC(=O)C(=O)N1CCc2ccccc21. The van der Waals surface area contributed by atoms with Crippen LogP contribution in [0.1, 0.15) is 5.56 Å². The fraction of sp³-hybridized carbons (Fsp3) is 0.273. The zero-order chi connectivity index (χ0) is 10.8. The maximum atomic E-state index is 11.7. The Labute approximate surface area is 87.9 Å². The summed E-state index contributed by atoms with van der Waals surface area (Å²) in [5.41, 5.74) is 1.97. The Hall–Kier alpha value is -1.84. The fourth-order valence-corrected chi connectivity index (χ4v) is 1.78. The highest BCUT2D eigenvalue weighted by atomic mass is 16.2. The van der Waals surface area contributed by atoms with E-state index in [-0.39, 0.29) is 0 Å². The lowest BCUT2D eigenvalue weighted by atomic mass is 10.2. The van der Waals surface area contributed by atoms with Gasteiger partial charge in [-0.15, -0.1) is 0 Å².